The van der Waals surface area contributed by atoms with Crippen LogP contribution < -0.4 is 10.8 Å². The molecule has 0 saturated heterocycles. The van der Waals surface area contributed by atoms with E-state index in [1.54, 1.807) is 24.3 Å². The first kappa shape index (κ1) is 18.6. The SMILES string of the molecule is O=C([O-])C(F)(F)F.[NH3+]C[C@H](O)CN1C(=O)c2ccccc2C1=O. The molecule has 1 aromatic carbocycles. The Labute approximate surface area is 128 Å². The van der Waals surface area contributed by atoms with E-state index in [2.05, 4.69) is 5.73 Å². The summed E-state index contributed by atoms with van der Waals surface area (Å²) in [5.74, 6) is -3.69. The Bertz CT molecular complexity index is 583. The number of β-amino-alcohol motifs (C(OH)–C–C–N with tert-alkyl or cyclic N) is 1. The van der Waals surface area contributed by atoms with Crippen molar-refractivity contribution in [1.82, 2.24) is 4.90 Å². The molecule has 0 bridgehead atoms. The Morgan fingerprint density at radius 1 is 1.22 bits per heavy atom. The highest BCUT2D eigenvalue weighted by molar-refractivity contribution is 6.21. The Balaban J connectivity index is 0.000000322. The van der Waals surface area contributed by atoms with Gasteiger partial charge >= 0.3 is 6.18 Å². The molecule has 0 aliphatic carbocycles. The zero-order valence-corrected chi connectivity index (χ0v) is 11.7. The van der Waals surface area contributed by atoms with Gasteiger partial charge in [0.2, 0.25) is 0 Å². The van der Waals surface area contributed by atoms with Crippen molar-refractivity contribution in [3.63, 3.8) is 0 Å². The third kappa shape index (κ3) is 4.50. The molecule has 10 heteroatoms. The summed E-state index contributed by atoms with van der Waals surface area (Å²) >= 11 is 0. The fraction of sp³-hybridized carbons (Fsp3) is 0.308. The molecule has 0 fully saturated rings. The second-order valence-electron chi connectivity index (χ2n) is 4.49. The topological polar surface area (TPSA) is 125 Å². The number of aliphatic hydroxyl groups excluding tert-OH is 1. The van der Waals surface area contributed by atoms with Gasteiger partial charge in [-0.25, -0.2) is 0 Å². The summed E-state index contributed by atoms with van der Waals surface area (Å²) in [6.07, 6.45) is -5.96. The number of aliphatic carboxylic acids is 1. The summed E-state index contributed by atoms with van der Waals surface area (Å²) in [4.78, 5) is 33.5. The molecule has 2 amide bonds. The van der Waals surface area contributed by atoms with Crippen molar-refractivity contribution >= 4 is 17.8 Å². The number of carboxylic acids is 1. The second kappa shape index (κ2) is 7.20. The lowest BCUT2D eigenvalue weighted by atomic mass is 10.1. The number of carboxylic acid groups (broad SMARTS) is 1. The molecule has 1 aliphatic heterocycles. The number of quaternary nitrogens is 1. The summed E-state index contributed by atoms with van der Waals surface area (Å²) in [5.41, 5.74) is 4.34. The second-order valence-corrected chi connectivity index (χ2v) is 4.49. The van der Waals surface area contributed by atoms with Crippen molar-refractivity contribution in [2.24, 2.45) is 0 Å². The van der Waals surface area contributed by atoms with Crippen LogP contribution in [0.5, 0.6) is 0 Å². The zero-order chi connectivity index (χ0) is 17.8. The highest BCUT2D eigenvalue weighted by Gasteiger charge is 2.36. The molecular formula is C13H13F3N2O5. The molecule has 2 rings (SSSR count). The van der Waals surface area contributed by atoms with E-state index in [9.17, 15) is 27.9 Å². The predicted octanol–water partition coefficient (Wildman–Crippen LogP) is -1.82. The van der Waals surface area contributed by atoms with Crippen LogP contribution in [0.1, 0.15) is 20.7 Å². The Hall–Kier alpha value is -2.46. The van der Waals surface area contributed by atoms with Crippen LogP contribution in [0.25, 0.3) is 0 Å². The van der Waals surface area contributed by atoms with Crippen LogP contribution in [0.15, 0.2) is 24.3 Å². The number of aliphatic hydroxyl groups is 1. The molecule has 0 aromatic heterocycles. The molecule has 1 aliphatic rings. The van der Waals surface area contributed by atoms with E-state index >= 15 is 0 Å². The average molecular weight is 334 g/mol. The quantitative estimate of drug-likeness (QED) is 0.630. The van der Waals surface area contributed by atoms with E-state index in [0.29, 0.717) is 11.1 Å². The number of amides is 2. The van der Waals surface area contributed by atoms with Gasteiger partial charge in [0.25, 0.3) is 11.8 Å². The maximum atomic E-state index is 11.8. The maximum Gasteiger partial charge on any atom is 0.430 e. The lowest BCUT2D eigenvalue weighted by Gasteiger charge is -2.15. The number of carbonyl (C=O) groups is 3. The van der Waals surface area contributed by atoms with Crippen LogP contribution in [0.3, 0.4) is 0 Å². The van der Waals surface area contributed by atoms with Gasteiger partial charge < -0.3 is 20.7 Å². The van der Waals surface area contributed by atoms with Crippen molar-refractivity contribution in [1.29, 1.82) is 0 Å². The monoisotopic (exact) mass is 334 g/mol. The normalized spacial score (nSPS) is 14.9. The highest BCUT2D eigenvalue weighted by Crippen LogP contribution is 2.22. The third-order valence-electron chi connectivity index (χ3n) is 2.84. The number of nitrogens with zero attached hydrogens (tertiary/aromatic N) is 1. The van der Waals surface area contributed by atoms with Gasteiger partial charge in [0.05, 0.1) is 17.7 Å². The smallest absolute Gasteiger partial charge is 0.430 e. The van der Waals surface area contributed by atoms with Gasteiger partial charge in [-0.15, -0.1) is 0 Å². The van der Waals surface area contributed by atoms with Crippen LogP contribution in [0.2, 0.25) is 0 Å². The number of carbonyl (C=O) groups excluding carboxylic acids is 3. The highest BCUT2D eigenvalue weighted by atomic mass is 19.4. The van der Waals surface area contributed by atoms with Gasteiger partial charge in [-0.3, -0.25) is 14.5 Å². The standard InChI is InChI=1S/C11H12N2O3.C2HF3O2/c12-5-7(14)6-13-10(15)8-3-1-2-4-9(8)11(13)16;3-2(4,5)1(6)7/h1-4,7,14H,5-6,12H2;(H,6,7)/t7-;/m0./s1. The maximum absolute atomic E-state index is 11.8. The number of hydrogen-bond acceptors (Lipinski definition) is 5. The molecule has 4 N–H and O–H groups in total. The van der Waals surface area contributed by atoms with Crippen molar-refractivity contribution in [3.8, 4) is 0 Å². The molecule has 0 spiro atoms. The molecule has 126 valence electrons. The molecule has 7 nitrogen and oxygen atoms in total. The zero-order valence-electron chi connectivity index (χ0n) is 11.7. The summed E-state index contributed by atoms with van der Waals surface area (Å²) in [6.45, 7) is 0.281. The molecule has 1 aromatic rings. The Morgan fingerprint density at radius 3 is 1.91 bits per heavy atom. The number of halogens is 3. The van der Waals surface area contributed by atoms with E-state index in [-0.39, 0.29) is 24.9 Å². The first-order valence-electron chi connectivity index (χ1n) is 6.30. The molecular weight excluding hydrogens is 321 g/mol. The van der Waals surface area contributed by atoms with Crippen molar-refractivity contribution in [2.45, 2.75) is 12.3 Å². The van der Waals surface area contributed by atoms with Crippen molar-refractivity contribution in [2.75, 3.05) is 13.1 Å². The minimum atomic E-state index is -5.19. The van der Waals surface area contributed by atoms with Gasteiger partial charge in [0, 0.05) is 0 Å². The van der Waals surface area contributed by atoms with Crippen LogP contribution in [0.4, 0.5) is 13.2 Å². The van der Waals surface area contributed by atoms with E-state index in [0.717, 1.165) is 4.90 Å². The Kier molecular flexibility index (Phi) is 5.82. The minimum absolute atomic E-state index is 0.00977. The van der Waals surface area contributed by atoms with E-state index in [4.69, 9.17) is 9.90 Å². The number of benzene rings is 1. The number of fused-ring (bicyclic) bond motifs is 1. The minimum Gasteiger partial charge on any atom is -0.542 e. The van der Waals surface area contributed by atoms with Gasteiger partial charge in [0.1, 0.15) is 18.6 Å². The summed E-state index contributed by atoms with van der Waals surface area (Å²) in [6, 6.07) is 6.66. The number of hydrogen-bond donors (Lipinski definition) is 2. The summed E-state index contributed by atoms with van der Waals surface area (Å²) in [5, 5.41) is 18.2. The van der Waals surface area contributed by atoms with E-state index < -0.39 is 18.2 Å². The first-order chi connectivity index (χ1) is 10.6. The van der Waals surface area contributed by atoms with Gasteiger partial charge in [-0.05, 0) is 12.1 Å². The molecule has 0 saturated carbocycles. The summed E-state index contributed by atoms with van der Waals surface area (Å²) < 4.78 is 31.5. The molecule has 0 radical (unpaired) electrons. The molecule has 1 atom stereocenters. The fourth-order valence-electron chi connectivity index (χ4n) is 1.71. The largest absolute Gasteiger partial charge is 0.542 e. The van der Waals surface area contributed by atoms with Gasteiger partial charge in [-0.1, -0.05) is 12.1 Å². The molecule has 23 heavy (non-hydrogen) atoms. The van der Waals surface area contributed by atoms with E-state index in [1.165, 1.54) is 0 Å². The van der Waals surface area contributed by atoms with Crippen LogP contribution >= 0.6 is 0 Å². The molecule has 0 unspecified atom stereocenters. The van der Waals surface area contributed by atoms with Crippen LogP contribution in [-0.2, 0) is 4.79 Å². The lowest BCUT2D eigenvalue weighted by Crippen LogP contribution is -2.58. The molecule has 1 heterocycles. The number of rotatable bonds is 3. The number of imide groups is 1. The third-order valence-corrected chi connectivity index (χ3v) is 2.84. The first-order valence-corrected chi connectivity index (χ1v) is 6.30. The average Bonchev–Trinajstić information content (AvgIpc) is 2.72. The van der Waals surface area contributed by atoms with Gasteiger partial charge in [0.15, 0.2) is 0 Å². The van der Waals surface area contributed by atoms with Crippen LogP contribution in [-0.4, -0.2) is 53.2 Å². The summed E-state index contributed by atoms with van der Waals surface area (Å²) in [7, 11) is 0. The fourth-order valence-corrected chi connectivity index (χ4v) is 1.71. The number of alkyl halides is 3. The predicted molar refractivity (Wildman–Crippen MR) is 66.6 cm³/mol. The van der Waals surface area contributed by atoms with Crippen molar-refractivity contribution < 1.29 is 43.5 Å². The van der Waals surface area contributed by atoms with E-state index in [1.807, 2.05) is 0 Å². The van der Waals surface area contributed by atoms with Crippen LogP contribution in [0, 0.1) is 0 Å². The lowest BCUT2D eigenvalue weighted by molar-refractivity contribution is -0.383. The van der Waals surface area contributed by atoms with Gasteiger partial charge in [-0.2, -0.15) is 13.2 Å². The Morgan fingerprint density at radius 2 is 1.61 bits per heavy atom. The van der Waals surface area contributed by atoms with Crippen molar-refractivity contribution in [3.05, 3.63) is 35.4 Å².